The van der Waals surface area contributed by atoms with E-state index < -0.39 is 17.7 Å². The molecule has 4 aromatic rings. The highest BCUT2D eigenvalue weighted by atomic mass is 32.1. The molecule has 1 atom stereocenters. The van der Waals surface area contributed by atoms with Crippen LogP contribution in [0.5, 0.6) is 17.2 Å². The number of aliphatic hydroxyl groups excluding tert-OH is 1. The van der Waals surface area contributed by atoms with E-state index in [0.717, 1.165) is 11.1 Å². The molecule has 2 heterocycles. The van der Waals surface area contributed by atoms with Gasteiger partial charge in [0.05, 0.1) is 41.7 Å². The summed E-state index contributed by atoms with van der Waals surface area (Å²) in [6, 6.07) is 18.7. The number of hydrogen-bond donors (Lipinski definition) is 1. The Bertz CT molecular complexity index is 1630. The number of ether oxygens (including phenoxy) is 3. The predicted molar refractivity (Wildman–Crippen MR) is 165 cm³/mol. The van der Waals surface area contributed by atoms with Gasteiger partial charge in [0, 0.05) is 5.56 Å². The SMILES string of the molecule is CCOc1ccc2nc(N3C(=O)C(=O)/C(=C(/O)c4ccccc4)C3c3ccc(OCCC(C)C)c(OCC)c3)sc2c1. The Labute approximate surface area is 249 Å². The largest absolute Gasteiger partial charge is 0.507 e. The Morgan fingerprint density at radius 1 is 0.952 bits per heavy atom. The van der Waals surface area contributed by atoms with Crippen LogP contribution in [0.2, 0.25) is 0 Å². The zero-order valence-electron chi connectivity index (χ0n) is 24.1. The zero-order chi connectivity index (χ0) is 29.8. The van der Waals surface area contributed by atoms with Gasteiger partial charge in [-0.1, -0.05) is 61.6 Å². The summed E-state index contributed by atoms with van der Waals surface area (Å²) in [6.07, 6.45) is 0.882. The van der Waals surface area contributed by atoms with Crippen molar-refractivity contribution in [2.75, 3.05) is 24.7 Å². The van der Waals surface area contributed by atoms with Crippen molar-refractivity contribution in [3.05, 3.63) is 83.4 Å². The van der Waals surface area contributed by atoms with Crippen molar-refractivity contribution in [2.45, 2.75) is 40.2 Å². The topological polar surface area (TPSA) is 98.2 Å². The highest BCUT2D eigenvalue weighted by Crippen LogP contribution is 2.46. The van der Waals surface area contributed by atoms with Gasteiger partial charge in [-0.25, -0.2) is 4.98 Å². The van der Waals surface area contributed by atoms with Crippen LogP contribution in [-0.2, 0) is 9.59 Å². The molecule has 1 amide bonds. The predicted octanol–water partition coefficient (Wildman–Crippen LogP) is 7.14. The highest BCUT2D eigenvalue weighted by molar-refractivity contribution is 7.22. The molecule has 1 aliphatic heterocycles. The molecule has 0 radical (unpaired) electrons. The molecule has 5 rings (SSSR count). The van der Waals surface area contributed by atoms with Crippen LogP contribution < -0.4 is 19.1 Å². The Hall–Kier alpha value is -4.37. The number of aliphatic hydroxyl groups is 1. The van der Waals surface area contributed by atoms with Crippen LogP contribution in [0.15, 0.2) is 72.3 Å². The summed E-state index contributed by atoms with van der Waals surface area (Å²) in [5.41, 5.74) is 1.67. The first-order chi connectivity index (χ1) is 20.3. The molecule has 0 aliphatic carbocycles. The Morgan fingerprint density at radius 2 is 1.71 bits per heavy atom. The van der Waals surface area contributed by atoms with Crippen LogP contribution in [0.25, 0.3) is 16.0 Å². The summed E-state index contributed by atoms with van der Waals surface area (Å²) in [4.78, 5) is 33.4. The van der Waals surface area contributed by atoms with Crippen LogP contribution in [0.1, 0.15) is 51.3 Å². The second-order valence-corrected chi connectivity index (χ2v) is 11.3. The van der Waals surface area contributed by atoms with Crippen molar-refractivity contribution in [1.29, 1.82) is 0 Å². The number of aromatic nitrogens is 1. The maximum absolute atomic E-state index is 13.7. The van der Waals surface area contributed by atoms with Crippen LogP contribution in [0.3, 0.4) is 0 Å². The van der Waals surface area contributed by atoms with E-state index in [9.17, 15) is 14.7 Å². The van der Waals surface area contributed by atoms with Crippen molar-refractivity contribution >= 4 is 44.1 Å². The normalized spacial score (nSPS) is 16.4. The van der Waals surface area contributed by atoms with Crippen molar-refractivity contribution in [3.8, 4) is 17.2 Å². The lowest BCUT2D eigenvalue weighted by molar-refractivity contribution is -0.132. The Morgan fingerprint density at radius 3 is 2.43 bits per heavy atom. The number of anilines is 1. The number of carbonyl (C=O) groups excluding carboxylic acids is 2. The molecule has 0 saturated carbocycles. The molecule has 1 aliphatic rings. The first-order valence-corrected chi connectivity index (χ1v) is 14.9. The third-order valence-electron chi connectivity index (χ3n) is 6.89. The highest BCUT2D eigenvalue weighted by Gasteiger charge is 2.48. The van der Waals surface area contributed by atoms with Gasteiger partial charge >= 0.3 is 5.91 Å². The molecule has 1 aromatic heterocycles. The lowest BCUT2D eigenvalue weighted by Gasteiger charge is -2.24. The van der Waals surface area contributed by atoms with Gasteiger partial charge in [-0.05, 0) is 62.1 Å². The molecular weight excluding hydrogens is 552 g/mol. The van der Waals surface area contributed by atoms with Gasteiger partial charge < -0.3 is 19.3 Å². The number of rotatable bonds is 11. The monoisotopic (exact) mass is 586 g/mol. The summed E-state index contributed by atoms with van der Waals surface area (Å²) < 4.78 is 18.4. The average Bonchev–Trinajstić information content (AvgIpc) is 3.51. The minimum absolute atomic E-state index is 0.0172. The fraction of sp³-hybridized carbons (Fsp3) is 0.303. The molecule has 0 bridgehead atoms. The van der Waals surface area contributed by atoms with Crippen molar-refractivity contribution in [3.63, 3.8) is 0 Å². The maximum atomic E-state index is 13.7. The average molecular weight is 587 g/mol. The summed E-state index contributed by atoms with van der Waals surface area (Å²) >= 11 is 1.28. The number of amides is 1. The van der Waals surface area contributed by atoms with Gasteiger partial charge in [0.2, 0.25) is 0 Å². The molecule has 9 heteroatoms. The zero-order valence-corrected chi connectivity index (χ0v) is 24.9. The molecule has 42 heavy (non-hydrogen) atoms. The van der Waals surface area contributed by atoms with E-state index in [1.54, 1.807) is 42.5 Å². The lowest BCUT2D eigenvalue weighted by Crippen LogP contribution is -2.29. The number of benzene rings is 3. The van der Waals surface area contributed by atoms with Gasteiger partial charge in [-0.15, -0.1) is 0 Å². The molecule has 218 valence electrons. The van der Waals surface area contributed by atoms with Crippen molar-refractivity contribution in [1.82, 2.24) is 4.98 Å². The van der Waals surface area contributed by atoms with E-state index in [-0.39, 0.29) is 11.3 Å². The first-order valence-electron chi connectivity index (χ1n) is 14.1. The smallest absolute Gasteiger partial charge is 0.301 e. The third kappa shape index (κ3) is 5.83. The lowest BCUT2D eigenvalue weighted by atomic mass is 9.95. The molecule has 1 fully saturated rings. The molecule has 3 aromatic carbocycles. The maximum Gasteiger partial charge on any atom is 0.301 e. The van der Waals surface area contributed by atoms with Gasteiger partial charge in [0.15, 0.2) is 16.6 Å². The number of Topliss-reactive ketones (excluding diaryl/α,β-unsaturated/α-hetero) is 1. The van der Waals surface area contributed by atoms with Gasteiger partial charge in [0.1, 0.15) is 11.5 Å². The fourth-order valence-corrected chi connectivity index (χ4v) is 5.86. The summed E-state index contributed by atoms with van der Waals surface area (Å²) in [5, 5.41) is 11.8. The molecule has 8 nitrogen and oxygen atoms in total. The molecule has 1 N–H and O–H groups in total. The number of hydrogen-bond acceptors (Lipinski definition) is 8. The van der Waals surface area contributed by atoms with E-state index in [2.05, 4.69) is 13.8 Å². The first kappa shape index (κ1) is 29.1. The van der Waals surface area contributed by atoms with E-state index in [4.69, 9.17) is 19.2 Å². The van der Waals surface area contributed by atoms with E-state index in [0.29, 0.717) is 64.8 Å². The Kier molecular flexibility index (Phi) is 8.77. The molecular formula is C33H34N2O6S. The summed E-state index contributed by atoms with van der Waals surface area (Å²) in [6.45, 7) is 9.49. The number of fused-ring (bicyclic) bond motifs is 1. The molecule has 1 unspecified atom stereocenters. The van der Waals surface area contributed by atoms with Crippen LogP contribution in [-0.4, -0.2) is 41.6 Å². The van der Waals surface area contributed by atoms with Crippen LogP contribution >= 0.6 is 11.3 Å². The molecule has 1 saturated heterocycles. The number of ketones is 1. The summed E-state index contributed by atoms with van der Waals surface area (Å²) in [5.74, 6) is 0.437. The van der Waals surface area contributed by atoms with Crippen molar-refractivity contribution < 1.29 is 28.9 Å². The fourth-order valence-electron chi connectivity index (χ4n) is 4.84. The second kappa shape index (κ2) is 12.7. The number of thiazole rings is 1. The minimum Gasteiger partial charge on any atom is -0.507 e. The van der Waals surface area contributed by atoms with Gasteiger partial charge in [-0.3, -0.25) is 14.5 Å². The standard InChI is InChI=1S/C33H34N2O6S/c1-5-39-23-13-14-24-27(19-23)42-33(34-24)35-29(28(31(37)32(35)38)30(36)21-10-8-7-9-11-21)22-12-15-25(26(18-22)40-6-2)41-17-16-20(3)4/h7-15,18-20,29,36H,5-6,16-17H2,1-4H3/b30-28+. The third-order valence-corrected chi connectivity index (χ3v) is 7.91. The second-order valence-electron chi connectivity index (χ2n) is 10.3. The van der Waals surface area contributed by atoms with E-state index >= 15 is 0 Å². The van der Waals surface area contributed by atoms with E-state index in [1.165, 1.54) is 16.2 Å². The van der Waals surface area contributed by atoms with Crippen molar-refractivity contribution in [2.24, 2.45) is 5.92 Å². The van der Waals surface area contributed by atoms with Gasteiger partial charge in [-0.2, -0.15) is 0 Å². The van der Waals surface area contributed by atoms with Crippen LogP contribution in [0, 0.1) is 5.92 Å². The minimum atomic E-state index is -0.943. The quantitative estimate of drug-likeness (QED) is 0.113. The van der Waals surface area contributed by atoms with Gasteiger partial charge in [0.25, 0.3) is 5.78 Å². The number of nitrogens with zero attached hydrogens (tertiary/aromatic N) is 2. The number of carbonyl (C=O) groups is 2. The van der Waals surface area contributed by atoms with E-state index in [1.807, 2.05) is 38.1 Å². The summed E-state index contributed by atoms with van der Waals surface area (Å²) in [7, 11) is 0. The molecule has 0 spiro atoms. The Balaban J connectivity index is 1.65. The van der Waals surface area contributed by atoms with Crippen LogP contribution in [0.4, 0.5) is 5.13 Å².